The number of carbonyl (C=O) groups excluding carboxylic acids is 1. The van der Waals surface area contributed by atoms with E-state index in [0.29, 0.717) is 10.8 Å². The lowest BCUT2D eigenvalue weighted by molar-refractivity contribution is -0.113. The van der Waals surface area contributed by atoms with E-state index in [1.165, 1.54) is 30.0 Å². The van der Waals surface area contributed by atoms with Gasteiger partial charge in [0.1, 0.15) is 5.82 Å². The highest BCUT2D eigenvalue weighted by Crippen LogP contribution is 2.21. The molecule has 0 fully saturated rings. The Bertz CT molecular complexity index is 639. The van der Waals surface area contributed by atoms with Crippen LogP contribution in [0.15, 0.2) is 48.5 Å². The van der Waals surface area contributed by atoms with Gasteiger partial charge in [0.05, 0.1) is 17.5 Å². The second-order valence-corrected chi connectivity index (χ2v) is 6.08. The third-order valence-electron chi connectivity index (χ3n) is 2.90. The number of anilines is 1. The summed E-state index contributed by atoms with van der Waals surface area (Å²) < 4.78 is 13.5. The first-order chi connectivity index (χ1) is 10.6. The van der Waals surface area contributed by atoms with Gasteiger partial charge in [0.25, 0.3) is 0 Å². The Kier molecular flexibility index (Phi) is 6.24. The molecule has 22 heavy (non-hydrogen) atoms. The molecule has 0 unspecified atom stereocenters. The maximum Gasteiger partial charge on any atom is 0.234 e. The van der Waals surface area contributed by atoms with Gasteiger partial charge in [-0.3, -0.25) is 4.79 Å². The van der Waals surface area contributed by atoms with E-state index in [-0.39, 0.29) is 17.3 Å². The number of aliphatic hydroxyl groups is 1. The molecule has 1 amide bonds. The summed E-state index contributed by atoms with van der Waals surface area (Å²) in [5, 5.41) is 12.8. The van der Waals surface area contributed by atoms with Crippen LogP contribution >= 0.6 is 23.4 Å². The molecule has 6 heteroatoms. The number of halogens is 2. The minimum absolute atomic E-state index is 0.0571. The van der Waals surface area contributed by atoms with Crippen molar-refractivity contribution < 1.29 is 14.3 Å². The summed E-state index contributed by atoms with van der Waals surface area (Å²) in [4.78, 5) is 11.8. The highest BCUT2D eigenvalue weighted by atomic mass is 35.5. The van der Waals surface area contributed by atoms with E-state index in [2.05, 4.69) is 5.32 Å². The Balaban J connectivity index is 1.80. The Morgan fingerprint density at radius 3 is 2.73 bits per heavy atom. The summed E-state index contributed by atoms with van der Waals surface area (Å²) in [7, 11) is 0. The predicted molar refractivity (Wildman–Crippen MR) is 88.8 cm³/mol. The van der Waals surface area contributed by atoms with Gasteiger partial charge in [-0.1, -0.05) is 41.9 Å². The molecular weight excluding hydrogens is 325 g/mol. The maximum atomic E-state index is 13.5. The van der Waals surface area contributed by atoms with E-state index >= 15 is 0 Å². The molecule has 0 bridgehead atoms. The maximum absolute atomic E-state index is 13.5. The Morgan fingerprint density at radius 2 is 2.00 bits per heavy atom. The van der Waals surface area contributed by atoms with Crippen molar-refractivity contribution in [2.75, 3.05) is 16.8 Å². The van der Waals surface area contributed by atoms with Crippen molar-refractivity contribution in [2.45, 2.75) is 6.10 Å². The fourth-order valence-electron chi connectivity index (χ4n) is 1.81. The molecule has 0 aliphatic rings. The Morgan fingerprint density at radius 1 is 1.27 bits per heavy atom. The quantitative estimate of drug-likeness (QED) is 0.839. The lowest BCUT2D eigenvalue weighted by Crippen LogP contribution is -2.16. The van der Waals surface area contributed by atoms with Crippen molar-refractivity contribution in [3.63, 3.8) is 0 Å². The van der Waals surface area contributed by atoms with Crippen molar-refractivity contribution in [3.05, 3.63) is 64.9 Å². The van der Waals surface area contributed by atoms with Gasteiger partial charge in [-0.15, -0.1) is 11.8 Å². The standard InChI is InChI=1S/C16H15ClFNO2S/c17-12-6-7-13(18)14(8-12)19-16(21)10-22-9-15(20)11-4-2-1-3-5-11/h1-8,15,20H,9-10H2,(H,19,21)/t15-/m1/s1. The first-order valence-electron chi connectivity index (χ1n) is 6.62. The van der Waals surface area contributed by atoms with Crippen LogP contribution in [0.25, 0.3) is 0 Å². The van der Waals surface area contributed by atoms with Crippen LogP contribution in [0.1, 0.15) is 11.7 Å². The molecular formula is C16H15ClFNO2S. The number of nitrogens with one attached hydrogen (secondary N) is 1. The molecule has 0 spiro atoms. The molecule has 2 aromatic carbocycles. The summed E-state index contributed by atoms with van der Waals surface area (Å²) in [6, 6.07) is 13.2. The third kappa shape index (κ3) is 5.02. The van der Waals surface area contributed by atoms with E-state index in [1.54, 1.807) is 0 Å². The predicted octanol–water partition coefficient (Wildman–Crippen LogP) is 3.88. The van der Waals surface area contributed by atoms with E-state index in [0.717, 1.165) is 5.56 Å². The van der Waals surface area contributed by atoms with Crippen LogP contribution < -0.4 is 5.32 Å². The number of hydrogen-bond donors (Lipinski definition) is 2. The summed E-state index contributed by atoms with van der Waals surface area (Å²) in [6.07, 6.45) is -0.637. The van der Waals surface area contributed by atoms with Gasteiger partial charge in [-0.25, -0.2) is 4.39 Å². The van der Waals surface area contributed by atoms with E-state index in [1.807, 2.05) is 30.3 Å². The van der Waals surface area contributed by atoms with Gasteiger partial charge in [0, 0.05) is 10.8 Å². The molecule has 0 radical (unpaired) electrons. The van der Waals surface area contributed by atoms with Crippen molar-refractivity contribution in [1.82, 2.24) is 0 Å². The zero-order valence-corrected chi connectivity index (χ0v) is 13.2. The van der Waals surface area contributed by atoms with Gasteiger partial charge in [-0.05, 0) is 23.8 Å². The Hall–Kier alpha value is -1.56. The molecule has 3 nitrogen and oxygen atoms in total. The molecule has 2 aromatic rings. The van der Waals surface area contributed by atoms with Gasteiger partial charge in [-0.2, -0.15) is 0 Å². The normalized spacial score (nSPS) is 12.0. The largest absolute Gasteiger partial charge is 0.388 e. The number of rotatable bonds is 6. The zero-order valence-electron chi connectivity index (χ0n) is 11.6. The van der Waals surface area contributed by atoms with Crippen LogP contribution in [0, 0.1) is 5.82 Å². The van der Waals surface area contributed by atoms with Crippen LogP contribution in [-0.4, -0.2) is 22.5 Å². The molecule has 116 valence electrons. The summed E-state index contributed by atoms with van der Waals surface area (Å²) in [5.74, 6) is -0.371. The minimum Gasteiger partial charge on any atom is -0.388 e. The van der Waals surface area contributed by atoms with Crippen molar-refractivity contribution >= 4 is 35.0 Å². The monoisotopic (exact) mass is 339 g/mol. The number of thioether (sulfide) groups is 1. The molecule has 0 aliphatic carbocycles. The number of hydrogen-bond acceptors (Lipinski definition) is 3. The average Bonchev–Trinajstić information content (AvgIpc) is 2.51. The first kappa shape index (κ1) is 16.8. The Labute approximate surface area is 137 Å². The molecule has 0 aliphatic heterocycles. The SMILES string of the molecule is O=C(CSC[C@@H](O)c1ccccc1)Nc1cc(Cl)ccc1F. The highest BCUT2D eigenvalue weighted by molar-refractivity contribution is 7.99. The molecule has 2 N–H and O–H groups in total. The molecule has 0 aromatic heterocycles. The van der Waals surface area contributed by atoms with Crippen molar-refractivity contribution in [1.29, 1.82) is 0 Å². The molecule has 0 saturated carbocycles. The van der Waals surface area contributed by atoms with Crippen LogP contribution in [0.3, 0.4) is 0 Å². The van der Waals surface area contributed by atoms with Gasteiger partial charge in [0.15, 0.2) is 0 Å². The number of benzene rings is 2. The second-order valence-electron chi connectivity index (χ2n) is 4.61. The summed E-state index contributed by atoms with van der Waals surface area (Å²) in [6.45, 7) is 0. The van der Waals surface area contributed by atoms with Gasteiger partial charge >= 0.3 is 0 Å². The lowest BCUT2D eigenvalue weighted by atomic mass is 10.1. The van der Waals surface area contributed by atoms with Crippen LogP contribution in [0.4, 0.5) is 10.1 Å². The van der Waals surface area contributed by atoms with Crippen molar-refractivity contribution in [3.8, 4) is 0 Å². The topological polar surface area (TPSA) is 49.3 Å². The molecule has 2 rings (SSSR count). The molecule has 0 heterocycles. The fraction of sp³-hybridized carbons (Fsp3) is 0.188. The van der Waals surface area contributed by atoms with Gasteiger partial charge < -0.3 is 10.4 Å². The first-order valence-corrected chi connectivity index (χ1v) is 8.15. The average molecular weight is 340 g/mol. The second kappa shape index (κ2) is 8.17. The van der Waals surface area contributed by atoms with E-state index in [4.69, 9.17) is 11.6 Å². The third-order valence-corrected chi connectivity index (χ3v) is 4.15. The van der Waals surface area contributed by atoms with Crippen LogP contribution in [0.5, 0.6) is 0 Å². The molecule has 0 saturated heterocycles. The molecule has 1 atom stereocenters. The number of amides is 1. The minimum atomic E-state index is -0.637. The van der Waals surface area contributed by atoms with Crippen LogP contribution in [0.2, 0.25) is 5.02 Å². The van der Waals surface area contributed by atoms with E-state index in [9.17, 15) is 14.3 Å². The number of carbonyl (C=O) groups is 1. The lowest BCUT2D eigenvalue weighted by Gasteiger charge is -2.11. The van der Waals surface area contributed by atoms with Gasteiger partial charge in [0.2, 0.25) is 5.91 Å². The van der Waals surface area contributed by atoms with E-state index < -0.39 is 11.9 Å². The van der Waals surface area contributed by atoms with Crippen LogP contribution in [-0.2, 0) is 4.79 Å². The smallest absolute Gasteiger partial charge is 0.234 e. The zero-order chi connectivity index (χ0) is 15.9. The summed E-state index contributed by atoms with van der Waals surface area (Å²) >= 11 is 7.03. The number of aliphatic hydroxyl groups excluding tert-OH is 1. The fourth-order valence-corrected chi connectivity index (χ4v) is 2.78. The summed E-state index contributed by atoms with van der Waals surface area (Å²) in [5.41, 5.74) is 0.859. The van der Waals surface area contributed by atoms with Crippen molar-refractivity contribution in [2.24, 2.45) is 0 Å². The highest BCUT2D eigenvalue weighted by Gasteiger charge is 2.11.